The molecule has 2 aliphatic carbocycles. The second-order valence-electron chi connectivity index (χ2n) is 15.7. The van der Waals surface area contributed by atoms with E-state index in [1.807, 2.05) is 31.2 Å². The molecule has 3 fully saturated rings. The van der Waals surface area contributed by atoms with Crippen LogP contribution in [-0.2, 0) is 46.3 Å². The summed E-state index contributed by atoms with van der Waals surface area (Å²) < 4.78 is 10.8. The number of hydrogen-bond donors (Lipinski definition) is 3. The summed E-state index contributed by atoms with van der Waals surface area (Å²) in [5, 5.41) is 8.22. The van der Waals surface area contributed by atoms with E-state index in [1.54, 1.807) is 30.6 Å². The Morgan fingerprint density at radius 3 is 2.24 bits per heavy atom. The number of fused-ring (bicyclic) bond motifs is 2. The predicted octanol–water partition coefficient (Wildman–Crippen LogP) is 2.00. The van der Waals surface area contributed by atoms with Crippen molar-refractivity contribution in [2.24, 2.45) is 23.2 Å². The Morgan fingerprint density at radius 2 is 1.64 bits per heavy atom. The zero-order valence-electron chi connectivity index (χ0n) is 30.2. The number of amides is 5. The fraction of sp³-hybridized carbons (Fsp3) is 0.676. The van der Waals surface area contributed by atoms with Gasteiger partial charge < -0.3 is 35.2 Å². The normalized spacial score (nSPS) is 23.6. The van der Waals surface area contributed by atoms with E-state index in [4.69, 9.17) is 9.47 Å². The van der Waals surface area contributed by atoms with Gasteiger partial charge in [0.2, 0.25) is 23.5 Å². The van der Waals surface area contributed by atoms with Crippen molar-refractivity contribution in [2.45, 2.75) is 97.4 Å². The fourth-order valence-corrected chi connectivity index (χ4v) is 7.95. The molecule has 13 heteroatoms. The number of rotatable bonds is 12. The van der Waals surface area contributed by atoms with E-state index in [1.165, 1.54) is 0 Å². The van der Waals surface area contributed by atoms with Gasteiger partial charge in [0.25, 0.3) is 5.91 Å². The number of likely N-dealkylation sites (tertiary alicyclic amines) is 1. The number of ether oxygens (including phenoxy) is 2. The van der Waals surface area contributed by atoms with Gasteiger partial charge in [-0.1, -0.05) is 51.5 Å². The van der Waals surface area contributed by atoms with E-state index in [9.17, 15) is 28.8 Å². The quantitative estimate of drug-likeness (QED) is 0.280. The lowest BCUT2D eigenvalue weighted by atomic mass is 9.93. The topological polar surface area (TPSA) is 163 Å². The van der Waals surface area contributed by atoms with E-state index in [0.29, 0.717) is 52.1 Å². The van der Waals surface area contributed by atoms with Crippen LogP contribution in [0, 0.1) is 23.2 Å². The second-order valence-corrected chi connectivity index (χ2v) is 15.7. The van der Waals surface area contributed by atoms with Crippen LogP contribution in [0.3, 0.4) is 0 Å². The summed E-state index contributed by atoms with van der Waals surface area (Å²) in [6, 6.07) is 5.04. The molecule has 5 atom stereocenters. The minimum Gasteiger partial charge on any atom is -0.444 e. The van der Waals surface area contributed by atoms with Crippen molar-refractivity contribution in [1.82, 2.24) is 25.8 Å². The Hall–Kier alpha value is -4.00. The number of piperidine rings is 1. The van der Waals surface area contributed by atoms with Gasteiger partial charge in [-0.05, 0) is 74.3 Å². The number of benzene rings is 1. The van der Waals surface area contributed by atoms with Crippen molar-refractivity contribution in [3.8, 4) is 0 Å². The Kier molecular flexibility index (Phi) is 11.2. The van der Waals surface area contributed by atoms with Crippen molar-refractivity contribution >= 4 is 35.5 Å². The van der Waals surface area contributed by atoms with Gasteiger partial charge in [0.15, 0.2) is 0 Å². The molecule has 1 aromatic carbocycles. The zero-order valence-corrected chi connectivity index (χ0v) is 30.2. The van der Waals surface area contributed by atoms with Crippen LogP contribution in [0.5, 0.6) is 0 Å². The predicted molar refractivity (Wildman–Crippen MR) is 184 cm³/mol. The lowest BCUT2D eigenvalue weighted by Crippen LogP contribution is -2.60. The van der Waals surface area contributed by atoms with Gasteiger partial charge >= 0.3 is 6.09 Å². The molecule has 50 heavy (non-hydrogen) atoms. The number of carbonyl (C=O) groups is 6. The molecule has 1 saturated carbocycles. The van der Waals surface area contributed by atoms with Crippen LogP contribution < -0.4 is 16.0 Å². The summed E-state index contributed by atoms with van der Waals surface area (Å²) in [6.45, 7) is 13.5. The van der Waals surface area contributed by atoms with Crippen LogP contribution in [0.25, 0.3) is 0 Å². The second kappa shape index (κ2) is 15.1. The summed E-state index contributed by atoms with van der Waals surface area (Å²) in [6.07, 6.45) is 1.27. The number of alkyl carbamates (subject to hydrolysis) is 1. The van der Waals surface area contributed by atoms with E-state index < -0.39 is 47.4 Å². The highest BCUT2D eigenvalue weighted by Crippen LogP contribution is 2.65. The molecule has 3 N–H and O–H groups in total. The van der Waals surface area contributed by atoms with Gasteiger partial charge in [-0.2, -0.15) is 0 Å². The fourth-order valence-electron chi connectivity index (χ4n) is 7.95. The molecular weight excluding hydrogens is 642 g/mol. The molecule has 13 nitrogen and oxygen atoms in total. The maximum absolute atomic E-state index is 14.5. The van der Waals surface area contributed by atoms with Crippen molar-refractivity contribution < 1.29 is 38.2 Å². The molecule has 4 aliphatic rings. The highest BCUT2D eigenvalue weighted by Gasteiger charge is 2.69. The van der Waals surface area contributed by atoms with Crippen molar-refractivity contribution in [3.63, 3.8) is 0 Å². The van der Waals surface area contributed by atoms with E-state index in [-0.39, 0.29) is 54.4 Å². The largest absolute Gasteiger partial charge is 0.444 e. The summed E-state index contributed by atoms with van der Waals surface area (Å²) in [4.78, 5) is 83.7. The lowest BCUT2D eigenvalue weighted by Gasteiger charge is -2.35. The van der Waals surface area contributed by atoms with Crippen LogP contribution in [0.1, 0.15) is 71.9 Å². The van der Waals surface area contributed by atoms with Crippen LogP contribution in [0.2, 0.25) is 0 Å². The van der Waals surface area contributed by atoms with E-state index in [2.05, 4.69) is 29.8 Å². The third kappa shape index (κ3) is 8.30. The molecule has 0 aromatic heterocycles. The minimum atomic E-state index is -1.10. The average molecular weight is 696 g/mol. The Labute approximate surface area is 294 Å². The molecule has 1 aromatic rings. The van der Waals surface area contributed by atoms with Crippen molar-refractivity contribution in [1.29, 1.82) is 0 Å². The van der Waals surface area contributed by atoms with Gasteiger partial charge in [0.05, 0.1) is 19.3 Å². The highest BCUT2D eigenvalue weighted by molar-refractivity contribution is 6.38. The SMILES string of the molecule is CCCC(NC(=O)[C@@H]1[C@@H]2[C@H](CN1C(=O)[C@@H](NC(=O)OC(C)(C)C)C1Cc3ccccc3C1)C2(C)C)C(=O)C(=O)NCCC(=O)N1CCOCC1. The first kappa shape index (κ1) is 37.3. The molecule has 2 aliphatic heterocycles. The number of hydrogen-bond acceptors (Lipinski definition) is 8. The molecule has 2 heterocycles. The first-order chi connectivity index (χ1) is 23.6. The smallest absolute Gasteiger partial charge is 0.408 e. The number of nitrogens with zero attached hydrogens (tertiary/aromatic N) is 2. The number of Topliss-reactive ketones (excluding diaryl/α,β-unsaturated/α-hetero) is 1. The van der Waals surface area contributed by atoms with E-state index in [0.717, 1.165) is 11.1 Å². The standard InChI is InChI=1S/C37H53N5O8/c1-7-10-26(31(44)33(46)38-14-13-27(43)41-15-17-49-18-16-41)39-32(45)30-28-25(37(28,5)6)21-42(30)34(47)29(40-35(48)50-36(2,3)4)24-19-22-11-8-9-12-23(22)20-24/h8-9,11-12,24-26,28-30H,7,10,13-21H2,1-6H3,(H,38,46)(H,39,45)(H,40,48)/t25-,26?,28-,29-,30-/m0/s1. The summed E-state index contributed by atoms with van der Waals surface area (Å²) in [7, 11) is 0. The van der Waals surface area contributed by atoms with Crippen LogP contribution in [-0.4, -0.2) is 108 Å². The molecule has 1 unspecified atom stereocenters. The first-order valence-electron chi connectivity index (χ1n) is 18.0. The minimum absolute atomic E-state index is 0.00647. The van der Waals surface area contributed by atoms with Crippen molar-refractivity contribution in [2.75, 3.05) is 39.4 Å². The maximum Gasteiger partial charge on any atom is 0.408 e. The van der Waals surface area contributed by atoms with Crippen molar-refractivity contribution in [3.05, 3.63) is 35.4 Å². The van der Waals surface area contributed by atoms with Crippen LogP contribution in [0.15, 0.2) is 24.3 Å². The van der Waals surface area contributed by atoms with Gasteiger partial charge in [0, 0.05) is 32.6 Å². The molecule has 274 valence electrons. The number of morpholine rings is 1. The molecule has 5 amide bonds. The lowest BCUT2D eigenvalue weighted by molar-refractivity contribution is -0.145. The molecule has 5 rings (SSSR count). The van der Waals surface area contributed by atoms with E-state index >= 15 is 0 Å². The summed E-state index contributed by atoms with van der Waals surface area (Å²) >= 11 is 0. The van der Waals surface area contributed by atoms with Gasteiger partial charge in [-0.25, -0.2) is 4.79 Å². The first-order valence-corrected chi connectivity index (χ1v) is 18.0. The van der Waals surface area contributed by atoms with Gasteiger partial charge in [-0.15, -0.1) is 0 Å². The number of carbonyl (C=O) groups excluding carboxylic acids is 6. The average Bonchev–Trinajstić information content (AvgIpc) is 3.42. The number of nitrogens with one attached hydrogen (secondary N) is 3. The molecule has 0 spiro atoms. The maximum atomic E-state index is 14.5. The third-order valence-electron chi connectivity index (χ3n) is 10.7. The molecule has 0 radical (unpaired) electrons. The molecule has 2 saturated heterocycles. The van der Waals surface area contributed by atoms with Gasteiger partial charge in [0.1, 0.15) is 17.7 Å². The van der Waals surface area contributed by atoms with Crippen LogP contribution in [0.4, 0.5) is 4.79 Å². The zero-order chi connectivity index (χ0) is 36.4. The Bertz CT molecular complexity index is 1460. The van der Waals surface area contributed by atoms with Crippen LogP contribution >= 0.6 is 0 Å². The Morgan fingerprint density at radius 1 is 1.00 bits per heavy atom. The van der Waals surface area contributed by atoms with Gasteiger partial charge in [-0.3, -0.25) is 24.0 Å². The monoisotopic (exact) mass is 695 g/mol. The molecular formula is C37H53N5O8. The highest BCUT2D eigenvalue weighted by atomic mass is 16.6. The summed E-state index contributed by atoms with van der Waals surface area (Å²) in [5.74, 6) is -2.98. The molecule has 0 bridgehead atoms. The third-order valence-corrected chi connectivity index (χ3v) is 10.7. The Balaban J connectivity index is 1.28. The summed E-state index contributed by atoms with van der Waals surface area (Å²) in [5.41, 5.74) is 1.26. The number of ketones is 1.